The lowest BCUT2D eigenvalue weighted by Crippen LogP contribution is -2.56. The molecule has 4 rings (SSSR count). The van der Waals surface area contributed by atoms with E-state index in [1.165, 1.54) is 0 Å². The fourth-order valence-electron chi connectivity index (χ4n) is 5.08. The maximum atomic E-state index is 14.3. The summed E-state index contributed by atoms with van der Waals surface area (Å²) in [7, 11) is -4.64. The van der Waals surface area contributed by atoms with Gasteiger partial charge in [0.15, 0.2) is 9.84 Å². The standard InChI is InChI=1S/C27H21F9O5S/c28-17-8-10-18(11-9-17)42(39,40)24(12-22(37)23(38)13-24)15-4-6-16(7-5-15)25(26(31,32)33,27(34,35)36)41-14-19-20(29)2-1-3-21(19)30/h1-11,22-23,37-38H,12-14H2/t22-,23+,24?. The van der Waals surface area contributed by atoms with Gasteiger partial charge >= 0.3 is 12.4 Å². The van der Waals surface area contributed by atoms with Crippen molar-refractivity contribution in [2.75, 3.05) is 0 Å². The van der Waals surface area contributed by atoms with E-state index >= 15 is 0 Å². The number of aliphatic hydroxyl groups is 2. The number of hydrogen-bond donors (Lipinski definition) is 2. The average Bonchev–Trinajstić information content (AvgIpc) is 3.20. The highest BCUT2D eigenvalue weighted by Gasteiger charge is 2.73. The summed E-state index contributed by atoms with van der Waals surface area (Å²) in [6.07, 6.45) is -17.1. The minimum absolute atomic E-state index is 0.299. The summed E-state index contributed by atoms with van der Waals surface area (Å²) < 4.78 is 156. The molecule has 1 fully saturated rings. The van der Waals surface area contributed by atoms with Gasteiger partial charge in [-0.05, 0) is 54.8 Å². The number of halogens is 9. The second kappa shape index (κ2) is 10.8. The maximum absolute atomic E-state index is 14.3. The predicted octanol–water partition coefficient (Wildman–Crippen LogP) is 5.83. The number of ether oxygens (including phenoxy) is 1. The van der Waals surface area contributed by atoms with Gasteiger partial charge in [0, 0.05) is 11.1 Å². The van der Waals surface area contributed by atoms with Crippen LogP contribution in [0.1, 0.15) is 29.5 Å². The summed E-state index contributed by atoms with van der Waals surface area (Å²) in [5.74, 6) is -3.70. The Labute approximate surface area is 233 Å². The SMILES string of the molecule is O=S(=O)(c1ccc(F)cc1)C1(c2ccc(C(OCc3c(F)cccc3F)(C(F)(F)F)C(F)(F)F)cc2)C[C@@H](O)[C@@H](O)C1. The first-order chi connectivity index (χ1) is 19.4. The van der Waals surface area contributed by atoms with E-state index in [0.29, 0.717) is 36.4 Å². The number of hydrogen-bond acceptors (Lipinski definition) is 5. The first-order valence-corrected chi connectivity index (χ1v) is 13.5. The Hall–Kier alpha value is -3.14. The van der Waals surface area contributed by atoms with Crippen molar-refractivity contribution in [1.82, 2.24) is 0 Å². The van der Waals surface area contributed by atoms with E-state index in [1.807, 2.05) is 0 Å². The van der Waals surface area contributed by atoms with Crippen LogP contribution in [0.15, 0.2) is 71.6 Å². The van der Waals surface area contributed by atoms with E-state index in [2.05, 4.69) is 4.74 Å². The van der Waals surface area contributed by atoms with Crippen LogP contribution in [0, 0.1) is 17.5 Å². The second-order valence-corrected chi connectivity index (χ2v) is 12.0. The van der Waals surface area contributed by atoms with E-state index in [1.54, 1.807) is 0 Å². The monoisotopic (exact) mass is 628 g/mol. The first kappa shape index (κ1) is 31.8. The van der Waals surface area contributed by atoms with Crippen LogP contribution in [0.2, 0.25) is 0 Å². The Morgan fingerprint density at radius 2 is 1.24 bits per heavy atom. The van der Waals surface area contributed by atoms with Crippen LogP contribution in [-0.2, 0) is 31.5 Å². The Balaban J connectivity index is 1.85. The van der Waals surface area contributed by atoms with Crippen molar-refractivity contribution < 1.29 is 62.9 Å². The molecule has 0 heterocycles. The van der Waals surface area contributed by atoms with Gasteiger partial charge in [0.25, 0.3) is 5.60 Å². The average molecular weight is 629 g/mol. The molecule has 0 radical (unpaired) electrons. The summed E-state index contributed by atoms with van der Waals surface area (Å²) in [6.45, 7) is -1.78. The lowest BCUT2D eigenvalue weighted by atomic mass is 9.88. The Kier molecular flexibility index (Phi) is 8.21. The Morgan fingerprint density at radius 1 is 0.762 bits per heavy atom. The number of sulfone groups is 1. The normalized spacial score (nSPS) is 22.0. The summed E-state index contributed by atoms with van der Waals surface area (Å²) >= 11 is 0. The molecule has 1 unspecified atom stereocenters. The number of rotatable bonds is 7. The van der Waals surface area contributed by atoms with Crippen molar-refractivity contribution in [1.29, 1.82) is 0 Å². The van der Waals surface area contributed by atoms with Gasteiger partial charge in [-0.15, -0.1) is 0 Å². The highest BCUT2D eigenvalue weighted by molar-refractivity contribution is 7.92. The molecule has 42 heavy (non-hydrogen) atoms. The molecule has 1 saturated carbocycles. The van der Waals surface area contributed by atoms with Gasteiger partial charge in [-0.25, -0.2) is 21.6 Å². The summed E-state index contributed by atoms with van der Waals surface area (Å²) in [5.41, 5.74) is -8.27. The number of aliphatic hydroxyl groups excluding tert-OH is 2. The molecular formula is C27H21F9O5S. The molecule has 3 atom stereocenters. The third-order valence-electron chi connectivity index (χ3n) is 7.27. The molecule has 1 aliphatic carbocycles. The van der Waals surface area contributed by atoms with Gasteiger partial charge in [0.2, 0.25) is 0 Å². The molecule has 5 nitrogen and oxygen atoms in total. The molecule has 0 spiro atoms. The molecule has 1 aliphatic rings. The number of benzene rings is 3. The fraction of sp³-hybridized carbons (Fsp3) is 0.333. The van der Waals surface area contributed by atoms with E-state index in [0.717, 1.165) is 30.3 Å². The van der Waals surface area contributed by atoms with E-state index in [9.17, 15) is 58.1 Å². The highest BCUT2D eigenvalue weighted by atomic mass is 32.2. The molecule has 15 heteroatoms. The van der Waals surface area contributed by atoms with Crippen molar-refractivity contribution in [2.24, 2.45) is 0 Å². The van der Waals surface area contributed by atoms with Gasteiger partial charge < -0.3 is 14.9 Å². The fourth-order valence-corrected chi connectivity index (χ4v) is 7.25. The molecule has 3 aromatic rings. The Bertz CT molecular complexity index is 1490. The molecule has 0 saturated heterocycles. The van der Waals surface area contributed by atoms with Crippen LogP contribution in [0.5, 0.6) is 0 Å². The smallest absolute Gasteiger partial charge is 0.390 e. The predicted molar refractivity (Wildman–Crippen MR) is 128 cm³/mol. The number of alkyl halides is 6. The van der Waals surface area contributed by atoms with Crippen LogP contribution in [0.25, 0.3) is 0 Å². The lowest BCUT2D eigenvalue weighted by Gasteiger charge is -2.38. The van der Waals surface area contributed by atoms with E-state index < -0.39 is 97.7 Å². The van der Waals surface area contributed by atoms with Crippen LogP contribution >= 0.6 is 0 Å². The van der Waals surface area contributed by atoms with Crippen molar-refractivity contribution in [3.05, 3.63) is 101 Å². The molecule has 0 aromatic heterocycles. The summed E-state index contributed by atoms with van der Waals surface area (Å²) in [6, 6.07) is 7.33. The maximum Gasteiger partial charge on any atom is 0.430 e. The zero-order valence-corrected chi connectivity index (χ0v) is 21.9. The lowest BCUT2D eigenvalue weighted by molar-refractivity contribution is -0.392. The zero-order valence-electron chi connectivity index (χ0n) is 21.1. The van der Waals surface area contributed by atoms with Gasteiger partial charge in [-0.3, -0.25) is 0 Å². The molecule has 0 amide bonds. The van der Waals surface area contributed by atoms with Crippen molar-refractivity contribution >= 4 is 9.84 Å². The van der Waals surface area contributed by atoms with Gasteiger partial charge in [-0.1, -0.05) is 30.3 Å². The molecule has 2 N–H and O–H groups in total. The quantitative estimate of drug-likeness (QED) is 0.255. The van der Waals surface area contributed by atoms with Crippen LogP contribution < -0.4 is 0 Å². The topological polar surface area (TPSA) is 83.8 Å². The van der Waals surface area contributed by atoms with Crippen molar-refractivity contribution in [3.8, 4) is 0 Å². The molecular weight excluding hydrogens is 607 g/mol. The van der Waals surface area contributed by atoms with Crippen LogP contribution in [-0.4, -0.2) is 43.2 Å². The van der Waals surface area contributed by atoms with Gasteiger partial charge in [0.1, 0.15) is 22.2 Å². The van der Waals surface area contributed by atoms with E-state index in [-0.39, 0.29) is 5.56 Å². The second-order valence-electron chi connectivity index (χ2n) is 9.74. The van der Waals surface area contributed by atoms with Crippen LogP contribution in [0.4, 0.5) is 39.5 Å². The largest absolute Gasteiger partial charge is 0.430 e. The van der Waals surface area contributed by atoms with Gasteiger partial charge in [-0.2, -0.15) is 26.3 Å². The van der Waals surface area contributed by atoms with Crippen LogP contribution in [0.3, 0.4) is 0 Å². The molecule has 3 aromatic carbocycles. The minimum Gasteiger partial charge on any atom is -0.390 e. The van der Waals surface area contributed by atoms with Crippen molar-refractivity contribution in [3.63, 3.8) is 0 Å². The molecule has 0 bridgehead atoms. The van der Waals surface area contributed by atoms with E-state index in [4.69, 9.17) is 0 Å². The first-order valence-electron chi connectivity index (χ1n) is 12.0. The molecule has 228 valence electrons. The summed E-state index contributed by atoms with van der Waals surface area (Å²) in [5, 5.41) is 20.4. The van der Waals surface area contributed by atoms with Gasteiger partial charge in [0.05, 0.1) is 23.7 Å². The minimum atomic E-state index is -6.23. The summed E-state index contributed by atoms with van der Waals surface area (Å²) in [4.78, 5) is -0.482. The zero-order chi connectivity index (χ0) is 31.3. The highest BCUT2D eigenvalue weighted by Crippen LogP contribution is 2.54. The third kappa shape index (κ3) is 5.16. The third-order valence-corrected chi connectivity index (χ3v) is 9.76. The molecule has 0 aliphatic heterocycles. The Morgan fingerprint density at radius 3 is 1.69 bits per heavy atom. The van der Waals surface area contributed by atoms with Crippen molar-refractivity contribution in [2.45, 2.75) is 59.3 Å².